The molecule has 1 aromatic rings. The Morgan fingerprint density at radius 2 is 1.91 bits per heavy atom. The summed E-state index contributed by atoms with van der Waals surface area (Å²) in [4.78, 5) is 27.4. The normalized spacial score (nSPS) is 19.3. The van der Waals surface area contributed by atoms with Crippen LogP contribution in [-0.4, -0.2) is 42.5 Å². The van der Waals surface area contributed by atoms with E-state index in [1.165, 1.54) is 22.3 Å². The molecule has 2 aliphatic rings. The van der Waals surface area contributed by atoms with Gasteiger partial charge in [0, 0.05) is 19.1 Å². The smallest absolute Gasteiger partial charge is 0.325 e. The number of hydrogen-bond donors (Lipinski definition) is 1. The van der Waals surface area contributed by atoms with Crippen LogP contribution in [0.3, 0.4) is 0 Å². The van der Waals surface area contributed by atoms with Crippen molar-refractivity contribution in [3.05, 3.63) is 30.1 Å². The van der Waals surface area contributed by atoms with E-state index in [1.54, 1.807) is 18.2 Å². The first-order valence-electron chi connectivity index (χ1n) is 8.25. The quantitative estimate of drug-likeness (QED) is 0.927. The highest BCUT2D eigenvalue weighted by Crippen LogP contribution is 2.23. The second-order valence-corrected chi connectivity index (χ2v) is 6.21. The van der Waals surface area contributed by atoms with E-state index in [9.17, 15) is 14.0 Å². The molecule has 1 heterocycles. The first-order chi connectivity index (χ1) is 11.1. The number of halogens is 1. The lowest BCUT2D eigenvalue weighted by molar-refractivity contribution is -0.122. The highest BCUT2D eigenvalue weighted by Gasteiger charge is 2.32. The Labute approximate surface area is 135 Å². The van der Waals surface area contributed by atoms with Crippen molar-refractivity contribution in [3.8, 4) is 0 Å². The van der Waals surface area contributed by atoms with Crippen molar-refractivity contribution >= 4 is 17.6 Å². The molecular formula is C17H22FN3O2. The SMILES string of the molecule is O=C(CN1CCN(c2ccccc2F)C1=O)NC1CCCCC1. The van der Waals surface area contributed by atoms with Crippen LogP contribution < -0.4 is 10.2 Å². The number of nitrogens with zero attached hydrogens (tertiary/aromatic N) is 2. The summed E-state index contributed by atoms with van der Waals surface area (Å²) >= 11 is 0. The standard InChI is InChI=1S/C17H22FN3O2/c18-14-8-4-5-9-15(14)21-11-10-20(17(21)23)12-16(22)19-13-6-2-1-3-7-13/h4-5,8-9,13H,1-3,6-7,10-12H2,(H,19,22). The Hall–Kier alpha value is -2.11. The Kier molecular flexibility index (Phi) is 4.79. The van der Waals surface area contributed by atoms with Crippen LogP contribution in [0.2, 0.25) is 0 Å². The first-order valence-corrected chi connectivity index (χ1v) is 8.25. The third kappa shape index (κ3) is 3.63. The largest absolute Gasteiger partial charge is 0.352 e. The number of nitrogens with one attached hydrogen (secondary N) is 1. The highest BCUT2D eigenvalue weighted by atomic mass is 19.1. The van der Waals surface area contributed by atoms with Gasteiger partial charge in [-0.1, -0.05) is 31.4 Å². The third-order valence-corrected chi connectivity index (χ3v) is 4.54. The van der Waals surface area contributed by atoms with Crippen LogP contribution >= 0.6 is 0 Å². The fourth-order valence-electron chi connectivity index (χ4n) is 3.32. The van der Waals surface area contributed by atoms with Crippen LogP contribution in [0.5, 0.6) is 0 Å². The number of carbonyl (C=O) groups excluding carboxylic acids is 2. The Morgan fingerprint density at radius 3 is 2.65 bits per heavy atom. The van der Waals surface area contributed by atoms with Gasteiger partial charge in [-0.15, -0.1) is 0 Å². The average Bonchev–Trinajstić information content (AvgIpc) is 2.90. The average molecular weight is 319 g/mol. The maximum absolute atomic E-state index is 13.8. The van der Waals surface area contributed by atoms with Gasteiger partial charge in [-0.05, 0) is 25.0 Å². The molecule has 1 N–H and O–H groups in total. The van der Waals surface area contributed by atoms with E-state index in [1.807, 2.05) is 0 Å². The summed E-state index contributed by atoms with van der Waals surface area (Å²) in [6.07, 6.45) is 5.56. The zero-order valence-corrected chi connectivity index (χ0v) is 13.1. The second kappa shape index (κ2) is 6.98. The summed E-state index contributed by atoms with van der Waals surface area (Å²) in [5.41, 5.74) is 0.271. The first kappa shape index (κ1) is 15.8. The van der Waals surface area contributed by atoms with E-state index in [0.717, 1.165) is 25.7 Å². The van der Waals surface area contributed by atoms with Crippen molar-refractivity contribution in [2.75, 3.05) is 24.5 Å². The maximum Gasteiger partial charge on any atom is 0.325 e. The number of amides is 3. The molecule has 1 saturated carbocycles. The molecule has 0 atom stereocenters. The van der Waals surface area contributed by atoms with Crippen LogP contribution in [0.25, 0.3) is 0 Å². The molecule has 1 aliphatic heterocycles. The fourth-order valence-corrected chi connectivity index (χ4v) is 3.32. The zero-order chi connectivity index (χ0) is 16.2. The summed E-state index contributed by atoms with van der Waals surface area (Å²) in [6, 6.07) is 6.13. The van der Waals surface area contributed by atoms with E-state index < -0.39 is 5.82 Å². The summed E-state index contributed by atoms with van der Waals surface area (Å²) in [7, 11) is 0. The van der Waals surface area contributed by atoms with Gasteiger partial charge in [-0.2, -0.15) is 0 Å². The molecule has 0 radical (unpaired) electrons. The monoisotopic (exact) mass is 319 g/mol. The van der Waals surface area contributed by atoms with E-state index >= 15 is 0 Å². The van der Waals surface area contributed by atoms with Crippen LogP contribution in [-0.2, 0) is 4.79 Å². The van der Waals surface area contributed by atoms with Crippen LogP contribution in [0.15, 0.2) is 24.3 Å². The molecule has 2 fully saturated rings. The van der Waals surface area contributed by atoms with E-state index in [2.05, 4.69) is 5.32 Å². The molecule has 23 heavy (non-hydrogen) atoms. The number of rotatable bonds is 4. The van der Waals surface area contributed by atoms with Crippen LogP contribution in [0.4, 0.5) is 14.9 Å². The van der Waals surface area contributed by atoms with Crippen molar-refractivity contribution in [2.24, 2.45) is 0 Å². The van der Waals surface area contributed by atoms with Crippen molar-refractivity contribution in [3.63, 3.8) is 0 Å². The van der Waals surface area contributed by atoms with Gasteiger partial charge in [0.2, 0.25) is 5.91 Å². The molecule has 1 aromatic carbocycles. The molecule has 3 amide bonds. The highest BCUT2D eigenvalue weighted by molar-refractivity contribution is 5.96. The van der Waals surface area contributed by atoms with Crippen molar-refractivity contribution in [1.29, 1.82) is 0 Å². The molecule has 1 aliphatic carbocycles. The van der Waals surface area contributed by atoms with Gasteiger partial charge in [-0.25, -0.2) is 9.18 Å². The van der Waals surface area contributed by atoms with Gasteiger partial charge in [-0.3, -0.25) is 9.69 Å². The molecule has 0 aromatic heterocycles. The maximum atomic E-state index is 13.8. The predicted octanol–water partition coefficient (Wildman–Crippen LogP) is 2.52. The Bertz CT molecular complexity index is 587. The molecule has 5 nitrogen and oxygen atoms in total. The van der Waals surface area contributed by atoms with E-state index in [4.69, 9.17) is 0 Å². The van der Waals surface area contributed by atoms with Crippen LogP contribution in [0.1, 0.15) is 32.1 Å². The minimum absolute atomic E-state index is 0.0420. The summed E-state index contributed by atoms with van der Waals surface area (Å²) in [6.45, 7) is 0.877. The Morgan fingerprint density at radius 1 is 1.17 bits per heavy atom. The number of carbonyl (C=O) groups is 2. The lowest BCUT2D eigenvalue weighted by Gasteiger charge is -2.24. The minimum atomic E-state index is -0.422. The van der Waals surface area contributed by atoms with Gasteiger partial charge in [0.25, 0.3) is 0 Å². The molecule has 0 bridgehead atoms. The number of urea groups is 1. The third-order valence-electron chi connectivity index (χ3n) is 4.54. The van der Waals surface area contributed by atoms with Gasteiger partial charge in [0.1, 0.15) is 12.4 Å². The number of para-hydroxylation sites is 1. The number of benzene rings is 1. The van der Waals surface area contributed by atoms with Gasteiger partial charge >= 0.3 is 6.03 Å². The van der Waals surface area contributed by atoms with Crippen LogP contribution in [0, 0.1) is 5.82 Å². The van der Waals surface area contributed by atoms with E-state index in [-0.39, 0.29) is 30.2 Å². The van der Waals surface area contributed by atoms with Gasteiger partial charge in [0.15, 0.2) is 0 Å². The molecule has 0 spiro atoms. The van der Waals surface area contributed by atoms with Gasteiger partial charge in [0.05, 0.1) is 5.69 Å². The topological polar surface area (TPSA) is 52.7 Å². The zero-order valence-electron chi connectivity index (χ0n) is 13.1. The molecular weight excluding hydrogens is 297 g/mol. The molecule has 6 heteroatoms. The molecule has 3 rings (SSSR count). The van der Waals surface area contributed by atoms with Crippen molar-refractivity contribution in [2.45, 2.75) is 38.1 Å². The molecule has 1 saturated heterocycles. The number of hydrogen-bond acceptors (Lipinski definition) is 2. The summed E-state index contributed by atoms with van der Waals surface area (Å²) in [5.74, 6) is -0.546. The lowest BCUT2D eigenvalue weighted by atomic mass is 9.95. The number of anilines is 1. The predicted molar refractivity (Wildman–Crippen MR) is 85.7 cm³/mol. The summed E-state index contributed by atoms with van der Waals surface area (Å²) in [5, 5.41) is 3.01. The van der Waals surface area contributed by atoms with Crippen molar-refractivity contribution < 1.29 is 14.0 Å². The summed E-state index contributed by atoms with van der Waals surface area (Å²) < 4.78 is 13.8. The molecule has 0 unspecified atom stereocenters. The molecule has 124 valence electrons. The van der Waals surface area contributed by atoms with Crippen molar-refractivity contribution in [1.82, 2.24) is 10.2 Å². The van der Waals surface area contributed by atoms with Gasteiger partial charge < -0.3 is 10.2 Å². The van der Waals surface area contributed by atoms with E-state index in [0.29, 0.717) is 13.1 Å². The fraction of sp³-hybridized carbons (Fsp3) is 0.529. The second-order valence-electron chi connectivity index (χ2n) is 6.21. The minimum Gasteiger partial charge on any atom is -0.352 e. The Balaban J connectivity index is 1.56. The lowest BCUT2D eigenvalue weighted by Crippen LogP contribution is -2.44.